The Bertz CT molecular complexity index is 339. The minimum atomic E-state index is 0.0141. The molecular formula is C10H12N2O. The van der Waals surface area contributed by atoms with Gasteiger partial charge in [-0.05, 0) is 24.6 Å². The van der Waals surface area contributed by atoms with Crippen LogP contribution in [0.1, 0.15) is 13.8 Å². The number of amides is 1. The van der Waals surface area contributed by atoms with E-state index in [-0.39, 0.29) is 11.8 Å². The summed E-state index contributed by atoms with van der Waals surface area (Å²) in [5.41, 5.74) is 1.14. The van der Waals surface area contributed by atoms with Crippen LogP contribution < -0.4 is 0 Å². The number of fused-ring (bicyclic) bond motifs is 1. The van der Waals surface area contributed by atoms with Crippen molar-refractivity contribution in [2.75, 3.05) is 6.54 Å². The molecule has 3 nitrogen and oxygen atoms in total. The number of hydrogen-bond acceptors (Lipinski definition) is 2. The lowest BCUT2D eigenvalue weighted by atomic mass is 10.1. The molecule has 13 heavy (non-hydrogen) atoms. The molecule has 0 bridgehead atoms. The van der Waals surface area contributed by atoms with Gasteiger partial charge in [-0.1, -0.05) is 6.92 Å². The molecule has 1 amide bonds. The summed E-state index contributed by atoms with van der Waals surface area (Å²) in [6.45, 7) is 4.52. The minimum absolute atomic E-state index is 0.0141. The molecule has 1 unspecified atom stereocenters. The van der Waals surface area contributed by atoms with Gasteiger partial charge in [0.15, 0.2) is 0 Å². The third-order valence-electron chi connectivity index (χ3n) is 2.28. The highest BCUT2D eigenvalue weighted by Gasteiger charge is 2.27. The summed E-state index contributed by atoms with van der Waals surface area (Å²) in [7, 11) is 0. The van der Waals surface area contributed by atoms with E-state index in [4.69, 9.17) is 0 Å². The molecular weight excluding hydrogens is 164 g/mol. The molecule has 2 aliphatic rings. The van der Waals surface area contributed by atoms with Crippen molar-refractivity contribution >= 4 is 11.7 Å². The minimum Gasteiger partial charge on any atom is -0.274 e. The molecule has 2 heterocycles. The number of hydrogen-bond donors (Lipinski definition) is 0. The predicted molar refractivity (Wildman–Crippen MR) is 51.2 cm³/mol. The maximum atomic E-state index is 11.6. The van der Waals surface area contributed by atoms with Gasteiger partial charge >= 0.3 is 0 Å². The van der Waals surface area contributed by atoms with E-state index in [0.717, 1.165) is 11.4 Å². The molecule has 68 valence electrons. The van der Waals surface area contributed by atoms with Crippen LogP contribution in [0.4, 0.5) is 0 Å². The van der Waals surface area contributed by atoms with E-state index in [1.54, 1.807) is 11.1 Å². The monoisotopic (exact) mass is 176 g/mol. The Morgan fingerprint density at radius 3 is 3.15 bits per heavy atom. The van der Waals surface area contributed by atoms with Gasteiger partial charge in [-0.2, -0.15) is 0 Å². The van der Waals surface area contributed by atoms with Gasteiger partial charge in [-0.15, -0.1) is 0 Å². The van der Waals surface area contributed by atoms with E-state index in [9.17, 15) is 4.79 Å². The summed E-state index contributed by atoms with van der Waals surface area (Å²) >= 11 is 0. The summed E-state index contributed by atoms with van der Waals surface area (Å²) in [5, 5.41) is 0. The first-order chi connectivity index (χ1) is 6.18. The van der Waals surface area contributed by atoms with Crippen LogP contribution in [0, 0.1) is 5.92 Å². The fraction of sp³-hybridized carbons (Fsp3) is 0.400. The molecule has 2 aliphatic heterocycles. The van der Waals surface area contributed by atoms with Crippen molar-refractivity contribution in [3.63, 3.8) is 0 Å². The standard InChI is InChI=1S/C10H12N2O/c1-7-3-4-12-9(5-7)11-6-8(2)10(12)13/h3-5,8H,6H2,1-2H3. The average Bonchev–Trinajstić information content (AvgIpc) is 2.12. The number of rotatable bonds is 0. The van der Waals surface area contributed by atoms with Crippen LogP contribution in [0.2, 0.25) is 0 Å². The van der Waals surface area contributed by atoms with Crippen molar-refractivity contribution in [2.24, 2.45) is 10.9 Å². The topological polar surface area (TPSA) is 32.7 Å². The number of aliphatic imine (C=N–C) groups is 1. The Morgan fingerprint density at radius 1 is 1.62 bits per heavy atom. The van der Waals surface area contributed by atoms with Crippen LogP contribution in [-0.4, -0.2) is 23.2 Å². The van der Waals surface area contributed by atoms with E-state index in [2.05, 4.69) is 4.99 Å². The van der Waals surface area contributed by atoms with Crippen LogP contribution in [-0.2, 0) is 4.79 Å². The van der Waals surface area contributed by atoms with Crippen molar-refractivity contribution in [3.05, 3.63) is 23.9 Å². The number of carbonyl (C=O) groups excluding carboxylic acids is 1. The van der Waals surface area contributed by atoms with Crippen LogP contribution in [0.5, 0.6) is 0 Å². The number of amidine groups is 1. The lowest BCUT2D eigenvalue weighted by Gasteiger charge is -2.28. The highest BCUT2D eigenvalue weighted by Crippen LogP contribution is 2.17. The lowest BCUT2D eigenvalue weighted by molar-refractivity contribution is -0.129. The smallest absolute Gasteiger partial charge is 0.236 e. The van der Waals surface area contributed by atoms with Crippen LogP contribution in [0.15, 0.2) is 28.9 Å². The van der Waals surface area contributed by atoms with Crippen molar-refractivity contribution in [1.82, 2.24) is 4.90 Å². The molecule has 3 heteroatoms. The Labute approximate surface area is 77.4 Å². The molecule has 0 aliphatic carbocycles. The number of allylic oxidation sites excluding steroid dienone is 2. The van der Waals surface area contributed by atoms with Crippen molar-refractivity contribution in [3.8, 4) is 0 Å². The van der Waals surface area contributed by atoms with Crippen molar-refractivity contribution in [2.45, 2.75) is 13.8 Å². The van der Waals surface area contributed by atoms with Gasteiger partial charge in [0.05, 0.1) is 12.5 Å². The first kappa shape index (κ1) is 8.23. The highest BCUT2D eigenvalue weighted by atomic mass is 16.2. The fourth-order valence-electron chi connectivity index (χ4n) is 1.44. The second-order valence-electron chi connectivity index (χ2n) is 3.51. The SMILES string of the molecule is CC1=CC2=NCC(C)C(=O)N2C=C1. The summed E-state index contributed by atoms with van der Waals surface area (Å²) in [5.74, 6) is 0.938. The Morgan fingerprint density at radius 2 is 2.38 bits per heavy atom. The molecule has 0 fully saturated rings. The Kier molecular flexibility index (Phi) is 1.79. The van der Waals surface area contributed by atoms with Gasteiger partial charge in [0.2, 0.25) is 5.91 Å². The van der Waals surface area contributed by atoms with Crippen LogP contribution >= 0.6 is 0 Å². The van der Waals surface area contributed by atoms with E-state index in [1.165, 1.54) is 0 Å². The molecule has 0 aromatic carbocycles. The van der Waals surface area contributed by atoms with E-state index in [1.807, 2.05) is 26.0 Å². The van der Waals surface area contributed by atoms with E-state index >= 15 is 0 Å². The molecule has 0 aromatic rings. The van der Waals surface area contributed by atoms with Crippen LogP contribution in [0.25, 0.3) is 0 Å². The Balaban J connectivity index is 2.37. The normalized spacial score (nSPS) is 26.8. The second-order valence-corrected chi connectivity index (χ2v) is 3.51. The zero-order valence-corrected chi connectivity index (χ0v) is 7.82. The molecule has 1 atom stereocenters. The molecule has 0 aromatic heterocycles. The third-order valence-corrected chi connectivity index (χ3v) is 2.28. The largest absolute Gasteiger partial charge is 0.274 e. The van der Waals surface area contributed by atoms with E-state index < -0.39 is 0 Å². The lowest BCUT2D eigenvalue weighted by Crippen LogP contribution is -2.41. The molecule has 0 spiro atoms. The summed E-state index contributed by atoms with van der Waals surface area (Å²) in [6, 6.07) is 0. The summed E-state index contributed by atoms with van der Waals surface area (Å²) < 4.78 is 0. The molecule has 0 saturated carbocycles. The highest BCUT2D eigenvalue weighted by molar-refractivity contribution is 6.08. The van der Waals surface area contributed by atoms with Crippen LogP contribution in [0.3, 0.4) is 0 Å². The Hall–Kier alpha value is -1.38. The van der Waals surface area contributed by atoms with Gasteiger partial charge in [0.1, 0.15) is 5.84 Å². The summed E-state index contributed by atoms with van der Waals surface area (Å²) in [6.07, 6.45) is 5.66. The van der Waals surface area contributed by atoms with Gasteiger partial charge in [0.25, 0.3) is 0 Å². The molecule has 0 radical (unpaired) electrons. The average molecular weight is 176 g/mol. The molecule has 0 N–H and O–H groups in total. The zero-order chi connectivity index (χ0) is 9.42. The van der Waals surface area contributed by atoms with E-state index in [0.29, 0.717) is 6.54 Å². The number of nitrogens with zero attached hydrogens (tertiary/aromatic N) is 2. The van der Waals surface area contributed by atoms with Gasteiger partial charge in [0, 0.05) is 6.20 Å². The maximum absolute atomic E-state index is 11.6. The summed E-state index contributed by atoms with van der Waals surface area (Å²) in [4.78, 5) is 17.6. The van der Waals surface area contributed by atoms with Gasteiger partial charge in [-0.25, -0.2) is 0 Å². The second kappa shape index (κ2) is 2.83. The number of carbonyl (C=O) groups is 1. The first-order valence-corrected chi connectivity index (χ1v) is 4.42. The molecule has 2 rings (SSSR count). The van der Waals surface area contributed by atoms with Crippen molar-refractivity contribution in [1.29, 1.82) is 0 Å². The first-order valence-electron chi connectivity index (χ1n) is 4.42. The predicted octanol–water partition coefficient (Wildman–Crippen LogP) is 1.34. The maximum Gasteiger partial charge on any atom is 0.236 e. The van der Waals surface area contributed by atoms with Crippen molar-refractivity contribution < 1.29 is 4.79 Å². The molecule has 0 saturated heterocycles. The quantitative estimate of drug-likeness (QED) is 0.548. The fourth-order valence-corrected chi connectivity index (χ4v) is 1.44. The van der Waals surface area contributed by atoms with Gasteiger partial charge in [-0.3, -0.25) is 14.7 Å². The van der Waals surface area contributed by atoms with Gasteiger partial charge < -0.3 is 0 Å². The third kappa shape index (κ3) is 1.30. The zero-order valence-electron chi connectivity index (χ0n) is 7.82.